The Labute approximate surface area is 137 Å². The first-order chi connectivity index (χ1) is 11.2. The van der Waals surface area contributed by atoms with E-state index in [2.05, 4.69) is 36.1 Å². The molecule has 23 heavy (non-hydrogen) atoms. The molecule has 1 fully saturated rings. The molecule has 1 saturated heterocycles. The van der Waals surface area contributed by atoms with Gasteiger partial charge in [-0.15, -0.1) is 0 Å². The molecule has 3 rings (SSSR count). The third-order valence-electron chi connectivity index (χ3n) is 4.65. The number of hydrogen-bond donors (Lipinski definition) is 0. The largest absolute Gasteiger partial charge is 0.497 e. The van der Waals surface area contributed by atoms with Gasteiger partial charge in [0.25, 0.3) is 0 Å². The second kappa shape index (κ2) is 6.97. The number of Topliss-reactive ketones (excluding diaryl/α,β-unsaturated/α-hetero) is 1. The van der Waals surface area contributed by atoms with Crippen molar-refractivity contribution >= 4 is 5.78 Å². The van der Waals surface area contributed by atoms with Crippen molar-refractivity contribution in [1.82, 2.24) is 4.90 Å². The minimum absolute atomic E-state index is 0.0760. The number of hydrogen-bond acceptors (Lipinski definition) is 3. The highest BCUT2D eigenvalue weighted by Gasteiger charge is 2.34. The van der Waals surface area contributed by atoms with Gasteiger partial charge in [0.2, 0.25) is 0 Å². The molecule has 2 aromatic rings. The highest BCUT2D eigenvalue weighted by molar-refractivity contribution is 5.98. The Balaban J connectivity index is 1.66. The second-order valence-electron chi connectivity index (χ2n) is 6.36. The summed E-state index contributed by atoms with van der Waals surface area (Å²) in [6.45, 7) is 4.90. The quantitative estimate of drug-likeness (QED) is 0.790. The van der Waals surface area contributed by atoms with Crippen LogP contribution < -0.4 is 4.74 Å². The normalized spacial score (nSPS) is 21.3. The van der Waals surface area contributed by atoms with Crippen LogP contribution in [0.3, 0.4) is 0 Å². The van der Waals surface area contributed by atoms with E-state index in [1.807, 2.05) is 30.3 Å². The van der Waals surface area contributed by atoms with Crippen molar-refractivity contribution in [2.45, 2.75) is 13.5 Å². The van der Waals surface area contributed by atoms with Crippen LogP contribution in [-0.2, 0) is 6.54 Å². The summed E-state index contributed by atoms with van der Waals surface area (Å²) in [4.78, 5) is 15.2. The molecule has 3 heteroatoms. The zero-order chi connectivity index (χ0) is 16.2. The molecule has 1 heterocycles. The highest BCUT2D eigenvalue weighted by atomic mass is 16.5. The van der Waals surface area contributed by atoms with E-state index in [1.54, 1.807) is 7.11 Å². The van der Waals surface area contributed by atoms with E-state index >= 15 is 0 Å². The monoisotopic (exact) mass is 309 g/mol. The molecule has 120 valence electrons. The summed E-state index contributed by atoms with van der Waals surface area (Å²) in [5.74, 6) is 1.49. The van der Waals surface area contributed by atoms with Crippen LogP contribution in [0.4, 0.5) is 0 Å². The third-order valence-corrected chi connectivity index (χ3v) is 4.65. The van der Waals surface area contributed by atoms with Crippen molar-refractivity contribution in [3.63, 3.8) is 0 Å². The van der Waals surface area contributed by atoms with Gasteiger partial charge in [-0.05, 0) is 35.7 Å². The fourth-order valence-corrected chi connectivity index (χ4v) is 3.35. The summed E-state index contributed by atoms with van der Waals surface area (Å²) >= 11 is 0. The standard InChI is InChI=1S/C20H23NO2/c1-15-12-21(13-16-6-4-3-5-7-16)14-19(15)20(22)17-8-10-18(23-2)11-9-17/h3-11,15,19H,12-14H2,1-2H3/t15-,19-/m0/s1. The predicted octanol–water partition coefficient (Wildman–Crippen LogP) is 3.65. The average molecular weight is 309 g/mol. The van der Waals surface area contributed by atoms with E-state index in [4.69, 9.17) is 4.74 Å². The number of ether oxygens (including phenoxy) is 1. The smallest absolute Gasteiger partial charge is 0.167 e. The Morgan fingerprint density at radius 1 is 1.09 bits per heavy atom. The van der Waals surface area contributed by atoms with E-state index in [0.717, 1.165) is 30.9 Å². The van der Waals surface area contributed by atoms with Crippen molar-refractivity contribution in [2.75, 3.05) is 20.2 Å². The van der Waals surface area contributed by atoms with Crippen molar-refractivity contribution in [3.05, 3.63) is 65.7 Å². The molecule has 0 aliphatic carbocycles. The van der Waals surface area contributed by atoms with Crippen molar-refractivity contribution in [3.8, 4) is 5.75 Å². The fraction of sp³-hybridized carbons (Fsp3) is 0.350. The number of methoxy groups -OCH3 is 1. The van der Waals surface area contributed by atoms with E-state index < -0.39 is 0 Å². The van der Waals surface area contributed by atoms with E-state index in [9.17, 15) is 4.79 Å². The van der Waals surface area contributed by atoms with E-state index in [1.165, 1.54) is 5.56 Å². The van der Waals surface area contributed by atoms with Crippen LogP contribution in [0.2, 0.25) is 0 Å². The van der Waals surface area contributed by atoms with Crippen LogP contribution in [-0.4, -0.2) is 30.9 Å². The summed E-state index contributed by atoms with van der Waals surface area (Å²) in [7, 11) is 1.64. The zero-order valence-electron chi connectivity index (χ0n) is 13.7. The molecule has 2 atom stereocenters. The molecular formula is C20H23NO2. The second-order valence-corrected chi connectivity index (χ2v) is 6.36. The van der Waals surface area contributed by atoms with Gasteiger partial charge < -0.3 is 4.74 Å². The summed E-state index contributed by atoms with van der Waals surface area (Å²) in [5.41, 5.74) is 2.08. The molecule has 0 radical (unpaired) electrons. The van der Waals surface area contributed by atoms with Gasteiger partial charge >= 0.3 is 0 Å². The number of benzene rings is 2. The lowest BCUT2D eigenvalue weighted by atomic mass is 9.90. The minimum atomic E-state index is 0.0760. The van der Waals surface area contributed by atoms with Gasteiger partial charge in [0.05, 0.1) is 7.11 Å². The maximum absolute atomic E-state index is 12.8. The zero-order valence-corrected chi connectivity index (χ0v) is 13.7. The lowest BCUT2D eigenvalue weighted by Crippen LogP contribution is -2.23. The maximum Gasteiger partial charge on any atom is 0.167 e. The van der Waals surface area contributed by atoms with Crippen LogP contribution in [0.15, 0.2) is 54.6 Å². The highest BCUT2D eigenvalue weighted by Crippen LogP contribution is 2.28. The number of carbonyl (C=O) groups is 1. The SMILES string of the molecule is COc1ccc(C(=O)[C@H]2CN(Cc3ccccc3)C[C@@H]2C)cc1. The molecule has 2 aromatic carbocycles. The van der Waals surface area contributed by atoms with E-state index in [0.29, 0.717) is 5.92 Å². The molecule has 1 aliphatic heterocycles. The molecular weight excluding hydrogens is 286 g/mol. The van der Waals surface area contributed by atoms with Gasteiger partial charge in [-0.25, -0.2) is 0 Å². The van der Waals surface area contributed by atoms with Crippen molar-refractivity contribution in [1.29, 1.82) is 0 Å². The van der Waals surface area contributed by atoms with E-state index in [-0.39, 0.29) is 11.7 Å². The van der Waals surface area contributed by atoms with Crippen molar-refractivity contribution in [2.24, 2.45) is 11.8 Å². The van der Waals surface area contributed by atoms with Crippen LogP contribution in [0.5, 0.6) is 5.75 Å². The van der Waals surface area contributed by atoms with Gasteiger partial charge in [-0.2, -0.15) is 0 Å². The molecule has 0 N–H and O–H groups in total. The average Bonchev–Trinajstić information content (AvgIpc) is 2.95. The van der Waals surface area contributed by atoms with Gasteiger partial charge in [-0.3, -0.25) is 9.69 Å². The lowest BCUT2D eigenvalue weighted by Gasteiger charge is -2.15. The van der Waals surface area contributed by atoms with Crippen LogP contribution >= 0.6 is 0 Å². The number of likely N-dealkylation sites (tertiary alicyclic amines) is 1. The topological polar surface area (TPSA) is 29.5 Å². The molecule has 0 saturated carbocycles. The lowest BCUT2D eigenvalue weighted by molar-refractivity contribution is 0.0902. The molecule has 1 aliphatic rings. The Morgan fingerprint density at radius 2 is 1.78 bits per heavy atom. The Bertz CT molecular complexity index is 651. The third kappa shape index (κ3) is 3.62. The van der Waals surface area contributed by atoms with Gasteiger partial charge in [0.15, 0.2) is 5.78 Å². The minimum Gasteiger partial charge on any atom is -0.497 e. The van der Waals surface area contributed by atoms with Gasteiger partial charge in [0.1, 0.15) is 5.75 Å². The number of ketones is 1. The first kappa shape index (κ1) is 15.8. The summed E-state index contributed by atoms with van der Waals surface area (Å²) in [6.07, 6.45) is 0. The fourth-order valence-electron chi connectivity index (χ4n) is 3.35. The first-order valence-corrected chi connectivity index (χ1v) is 8.12. The maximum atomic E-state index is 12.8. The van der Waals surface area contributed by atoms with Crippen molar-refractivity contribution < 1.29 is 9.53 Å². The molecule has 0 bridgehead atoms. The molecule has 0 amide bonds. The van der Waals surface area contributed by atoms with Gasteiger partial charge in [0, 0.05) is 31.1 Å². The number of rotatable bonds is 5. The number of nitrogens with zero attached hydrogens (tertiary/aromatic N) is 1. The first-order valence-electron chi connectivity index (χ1n) is 8.12. The summed E-state index contributed by atoms with van der Waals surface area (Å²) < 4.78 is 5.16. The number of carbonyl (C=O) groups excluding carboxylic acids is 1. The molecule has 0 unspecified atom stereocenters. The molecule has 3 nitrogen and oxygen atoms in total. The Morgan fingerprint density at radius 3 is 2.43 bits per heavy atom. The van der Waals surface area contributed by atoms with Crippen LogP contribution in [0, 0.1) is 11.8 Å². The Kier molecular flexibility index (Phi) is 4.77. The van der Waals surface area contributed by atoms with Gasteiger partial charge in [-0.1, -0.05) is 37.3 Å². The Hall–Kier alpha value is -2.13. The molecule has 0 spiro atoms. The molecule has 0 aromatic heterocycles. The van der Waals surface area contributed by atoms with Crippen LogP contribution in [0.1, 0.15) is 22.8 Å². The summed E-state index contributed by atoms with van der Waals surface area (Å²) in [6, 6.07) is 17.9. The van der Waals surface area contributed by atoms with Crippen LogP contribution in [0.25, 0.3) is 0 Å². The summed E-state index contributed by atoms with van der Waals surface area (Å²) in [5, 5.41) is 0. The predicted molar refractivity (Wildman–Crippen MR) is 91.7 cm³/mol.